The van der Waals surface area contributed by atoms with E-state index in [2.05, 4.69) is 20.9 Å². The van der Waals surface area contributed by atoms with Crippen molar-refractivity contribution in [2.45, 2.75) is 18.8 Å². The average molecular weight is 320 g/mol. The maximum atomic E-state index is 11.0. The molecule has 3 nitrogen and oxygen atoms in total. The van der Waals surface area contributed by atoms with Crippen molar-refractivity contribution in [3.63, 3.8) is 0 Å². The molecule has 0 aliphatic rings. The number of aromatic nitrogens is 1. The van der Waals surface area contributed by atoms with E-state index in [1.54, 1.807) is 12.4 Å². The van der Waals surface area contributed by atoms with Crippen LogP contribution in [0.3, 0.4) is 0 Å². The summed E-state index contributed by atoms with van der Waals surface area (Å²) in [6.45, 7) is 0. The van der Waals surface area contributed by atoms with Crippen molar-refractivity contribution in [1.29, 1.82) is 0 Å². The highest BCUT2D eigenvalue weighted by molar-refractivity contribution is 9.10. The van der Waals surface area contributed by atoms with Crippen LogP contribution in [-0.4, -0.2) is 16.1 Å². The van der Waals surface area contributed by atoms with Crippen LogP contribution in [0.5, 0.6) is 0 Å². The maximum Gasteiger partial charge on any atom is 0.303 e. The Morgan fingerprint density at radius 3 is 2.63 bits per heavy atom. The van der Waals surface area contributed by atoms with Gasteiger partial charge in [-0.3, -0.25) is 9.78 Å². The number of aliphatic carboxylic acids is 1. The summed E-state index contributed by atoms with van der Waals surface area (Å²) in [4.78, 5) is 15.0. The minimum absolute atomic E-state index is 0.0326. The van der Waals surface area contributed by atoms with Crippen LogP contribution in [0.1, 0.15) is 23.5 Å². The fourth-order valence-electron chi connectivity index (χ4n) is 2.10. The van der Waals surface area contributed by atoms with Crippen LogP contribution in [0.15, 0.2) is 53.3 Å². The minimum Gasteiger partial charge on any atom is -0.481 e. The first kappa shape index (κ1) is 13.7. The van der Waals surface area contributed by atoms with E-state index >= 15 is 0 Å². The molecule has 0 amide bonds. The summed E-state index contributed by atoms with van der Waals surface area (Å²) in [5, 5.41) is 9.05. The molecule has 0 aliphatic carbocycles. The largest absolute Gasteiger partial charge is 0.481 e. The third-order valence-electron chi connectivity index (χ3n) is 2.97. The van der Waals surface area contributed by atoms with Crippen molar-refractivity contribution >= 4 is 21.9 Å². The van der Waals surface area contributed by atoms with Gasteiger partial charge in [-0.2, -0.15) is 0 Å². The number of halogens is 1. The molecule has 0 saturated heterocycles. The van der Waals surface area contributed by atoms with Gasteiger partial charge in [-0.05, 0) is 47.7 Å². The molecule has 1 aromatic heterocycles. The van der Waals surface area contributed by atoms with Crippen LogP contribution in [0, 0.1) is 0 Å². The molecule has 0 bridgehead atoms. The lowest BCUT2D eigenvalue weighted by molar-refractivity contribution is -0.137. The minimum atomic E-state index is -0.781. The van der Waals surface area contributed by atoms with Crippen molar-refractivity contribution < 1.29 is 9.90 Å². The van der Waals surface area contributed by atoms with Gasteiger partial charge in [0.25, 0.3) is 0 Å². The summed E-state index contributed by atoms with van der Waals surface area (Å²) in [5.41, 5.74) is 2.13. The molecule has 0 radical (unpaired) electrons. The van der Waals surface area contributed by atoms with E-state index in [0.717, 1.165) is 15.6 Å². The van der Waals surface area contributed by atoms with E-state index in [1.807, 2.05) is 36.4 Å². The summed E-state index contributed by atoms with van der Waals surface area (Å²) >= 11 is 3.43. The topological polar surface area (TPSA) is 50.2 Å². The lowest BCUT2D eigenvalue weighted by Gasteiger charge is -2.15. The number of carboxylic acids is 1. The number of pyridine rings is 1. The predicted molar refractivity (Wildman–Crippen MR) is 77.1 cm³/mol. The second-order valence-electron chi connectivity index (χ2n) is 4.41. The van der Waals surface area contributed by atoms with Gasteiger partial charge < -0.3 is 5.11 Å². The van der Waals surface area contributed by atoms with Gasteiger partial charge in [0.1, 0.15) is 0 Å². The van der Waals surface area contributed by atoms with Crippen molar-refractivity contribution in [2.75, 3.05) is 0 Å². The van der Waals surface area contributed by atoms with E-state index in [1.165, 1.54) is 0 Å². The molecule has 19 heavy (non-hydrogen) atoms. The molecule has 98 valence electrons. The molecule has 0 saturated carbocycles. The van der Waals surface area contributed by atoms with Crippen molar-refractivity contribution in [1.82, 2.24) is 4.98 Å². The number of carboxylic acid groups (broad SMARTS) is 1. The Bertz CT molecular complexity index is 557. The van der Waals surface area contributed by atoms with Gasteiger partial charge in [0.05, 0.1) is 6.42 Å². The number of carbonyl (C=O) groups is 1. The number of nitrogens with zero attached hydrogens (tertiary/aromatic N) is 1. The van der Waals surface area contributed by atoms with Crippen LogP contribution in [0.4, 0.5) is 0 Å². The zero-order valence-corrected chi connectivity index (χ0v) is 11.9. The lowest BCUT2D eigenvalue weighted by atomic mass is 9.90. The molecule has 1 aromatic carbocycles. The number of rotatable bonds is 5. The Balaban J connectivity index is 2.21. The van der Waals surface area contributed by atoms with E-state index in [4.69, 9.17) is 5.11 Å². The fraction of sp³-hybridized carbons (Fsp3) is 0.200. The van der Waals surface area contributed by atoms with Crippen molar-refractivity contribution in [3.05, 3.63) is 64.4 Å². The Morgan fingerprint density at radius 2 is 2.00 bits per heavy atom. The Labute approximate surface area is 120 Å². The zero-order valence-electron chi connectivity index (χ0n) is 10.3. The summed E-state index contributed by atoms with van der Waals surface area (Å²) in [6, 6.07) is 11.7. The first-order valence-corrected chi connectivity index (χ1v) is 6.80. The van der Waals surface area contributed by atoms with E-state index in [-0.39, 0.29) is 12.3 Å². The number of hydrogen-bond donors (Lipinski definition) is 1. The molecule has 1 unspecified atom stereocenters. The monoisotopic (exact) mass is 319 g/mol. The molecule has 1 atom stereocenters. The Morgan fingerprint density at radius 1 is 1.26 bits per heavy atom. The van der Waals surface area contributed by atoms with E-state index in [0.29, 0.717) is 6.42 Å². The first-order valence-electron chi connectivity index (χ1n) is 6.01. The van der Waals surface area contributed by atoms with Crippen LogP contribution >= 0.6 is 15.9 Å². The zero-order chi connectivity index (χ0) is 13.7. The highest BCUT2D eigenvalue weighted by atomic mass is 79.9. The number of benzene rings is 1. The van der Waals surface area contributed by atoms with Gasteiger partial charge in [-0.25, -0.2) is 0 Å². The summed E-state index contributed by atoms with van der Waals surface area (Å²) in [7, 11) is 0. The molecular weight excluding hydrogens is 306 g/mol. The van der Waals surface area contributed by atoms with Crippen molar-refractivity contribution in [2.24, 2.45) is 0 Å². The molecule has 2 rings (SSSR count). The van der Waals surface area contributed by atoms with Crippen LogP contribution < -0.4 is 0 Å². The predicted octanol–water partition coefficient (Wildman–Crippen LogP) is 3.65. The second kappa shape index (κ2) is 6.48. The third kappa shape index (κ3) is 4.17. The molecular formula is C15H14BrNO2. The van der Waals surface area contributed by atoms with Gasteiger partial charge in [0.2, 0.25) is 0 Å². The van der Waals surface area contributed by atoms with Crippen LogP contribution in [0.2, 0.25) is 0 Å². The Kier molecular flexibility index (Phi) is 4.68. The van der Waals surface area contributed by atoms with Gasteiger partial charge in [-0.15, -0.1) is 0 Å². The van der Waals surface area contributed by atoms with Crippen LogP contribution in [-0.2, 0) is 11.2 Å². The Hall–Kier alpha value is -1.68. The molecule has 0 aliphatic heterocycles. The van der Waals surface area contributed by atoms with Crippen LogP contribution in [0.25, 0.3) is 0 Å². The molecule has 1 N–H and O–H groups in total. The summed E-state index contributed by atoms with van der Waals surface area (Å²) < 4.78 is 1.01. The first-order chi connectivity index (χ1) is 9.15. The molecule has 1 heterocycles. The second-order valence-corrected chi connectivity index (χ2v) is 5.33. The third-order valence-corrected chi connectivity index (χ3v) is 3.46. The molecule has 0 spiro atoms. The van der Waals surface area contributed by atoms with Gasteiger partial charge in [-0.1, -0.05) is 28.1 Å². The number of hydrogen-bond acceptors (Lipinski definition) is 2. The van der Waals surface area contributed by atoms with Gasteiger partial charge in [0, 0.05) is 16.9 Å². The van der Waals surface area contributed by atoms with Gasteiger partial charge in [0.15, 0.2) is 0 Å². The summed E-state index contributed by atoms with van der Waals surface area (Å²) in [5.74, 6) is -0.813. The molecule has 0 fully saturated rings. The van der Waals surface area contributed by atoms with E-state index < -0.39 is 5.97 Å². The smallest absolute Gasteiger partial charge is 0.303 e. The standard InChI is InChI=1S/C15H14BrNO2/c16-14-3-1-2-11(9-14)8-13(10-15(18)19)12-4-6-17-7-5-12/h1-7,9,13H,8,10H2,(H,18,19). The average Bonchev–Trinajstić information content (AvgIpc) is 2.38. The molecule has 2 aromatic rings. The lowest BCUT2D eigenvalue weighted by Crippen LogP contribution is -2.09. The normalized spacial score (nSPS) is 12.1. The highest BCUT2D eigenvalue weighted by Gasteiger charge is 2.16. The maximum absolute atomic E-state index is 11.0. The fourth-order valence-corrected chi connectivity index (χ4v) is 2.55. The SMILES string of the molecule is O=C(O)CC(Cc1cccc(Br)c1)c1ccncc1. The van der Waals surface area contributed by atoms with Gasteiger partial charge >= 0.3 is 5.97 Å². The van der Waals surface area contributed by atoms with E-state index in [9.17, 15) is 4.79 Å². The quantitative estimate of drug-likeness (QED) is 0.915. The highest BCUT2D eigenvalue weighted by Crippen LogP contribution is 2.25. The summed E-state index contributed by atoms with van der Waals surface area (Å²) in [6.07, 6.45) is 4.22. The molecule has 4 heteroatoms. The van der Waals surface area contributed by atoms with Crippen molar-refractivity contribution in [3.8, 4) is 0 Å².